The number of alkyl halides is 3. The minimum Gasteiger partial charge on any atom is -0.348 e. The van der Waals surface area contributed by atoms with Crippen LogP contribution in [0.5, 0.6) is 0 Å². The topological polar surface area (TPSA) is 104 Å². The van der Waals surface area contributed by atoms with Crippen molar-refractivity contribution in [1.82, 2.24) is 20.3 Å². The first-order chi connectivity index (χ1) is 12.3. The number of aliphatic imine (C=N–C) groups is 1. The summed E-state index contributed by atoms with van der Waals surface area (Å²) in [7, 11) is 0. The number of hydrogen-bond acceptors (Lipinski definition) is 5. The molecule has 0 bridgehead atoms. The summed E-state index contributed by atoms with van der Waals surface area (Å²) in [5.74, 6) is -0.834. The summed E-state index contributed by atoms with van der Waals surface area (Å²) < 4.78 is 37.8. The fraction of sp³-hybridized carbons (Fsp3) is 0.188. The van der Waals surface area contributed by atoms with Crippen LogP contribution < -0.4 is 16.4 Å². The van der Waals surface area contributed by atoms with Crippen LogP contribution in [0.25, 0.3) is 11.0 Å². The molecule has 7 nitrogen and oxygen atoms in total. The van der Waals surface area contributed by atoms with Gasteiger partial charge in [-0.25, -0.2) is 0 Å². The molecule has 3 aromatic rings. The first kappa shape index (κ1) is 16.3. The van der Waals surface area contributed by atoms with Gasteiger partial charge in [-0.3, -0.25) is 20.7 Å². The number of halogens is 3. The number of nitrogens with two attached hydrogens (primary N) is 1. The number of nitrogens with zero attached hydrogens (tertiary/aromatic N) is 3. The highest BCUT2D eigenvalue weighted by Gasteiger charge is 2.36. The van der Waals surface area contributed by atoms with E-state index < -0.39 is 18.5 Å². The molecule has 0 fully saturated rings. The van der Waals surface area contributed by atoms with E-state index in [9.17, 15) is 13.2 Å². The summed E-state index contributed by atoms with van der Waals surface area (Å²) >= 11 is 0. The van der Waals surface area contributed by atoms with Crippen molar-refractivity contribution in [2.45, 2.75) is 12.0 Å². The third-order valence-corrected chi connectivity index (χ3v) is 3.98. The molecule has 5 N–H and O–H groups in total. The zero-order valence-electron chi connectivity index (χ0n) is 13.3. The second-order valence-electron chi connectivity index (χ2n) is 5.86. The number of aromatic amines is 1. The summed E-state index contributed by atoms with van der Waals surface area (Å²) in [6.07, 6.45) is 0.312. The lowest BCUT2D eigenvalue weighted by Gasteiger charge is -2.38. The number of benzene rings is 1. The van der Waals surface area contributed by atoms with Crippen LogP contribution in [-0.4, -0.2) is 33.5 Å². The maximum absolute atomic E-state index is 12.6. The Kier molecular flexibility index (Phi) is 3.58. The Morgan fingerprint density at radius 1 is 1.08 bits per heavy atom. The number of hydrogen-bond donors (Lipinski definition) is 4. The molecule has 26 heavy (non-hydrogen) atoms. The molecule has 4 rings (SSSR count). The smallest absolute Gasteiger partial charge is 0.348 e. The van der Waals surface area contributed by atoms with E-state index in [0.717, 1.165) is 0 Å². The SMILES string of the molecule is NC1(c2ccc3nccnc3c2)NC(=NCC(F)(F)F)c2cc[nH]c2N1. The zero-order valence-corrected chi connectivity index (χ0v) is 13.3. The zero-order chi connectivity index (χ0) is 18.4. The molecule has 1 atom stereocenters. The molecule has 2 aromatic heterocycles. The van der Waals surface area contributed by atoms with Crippen molar-refractivity contribution in [2.75, 3.05) is 11.9 Å². The lowest BCUT2D eigenvalue weighted by Crippen LogP contribution is -2.61. The maximum atomic E-state index is 12.6. The van der Waals surface area contributed by atoms with E-state index in [-0.39, 0.29) is 5.84 Å². The molecule has 134 valence electrons. The highest BCUT2D eigenvalue weighted by molar-refractivity contribution is 6.05. The fourth-order valence-corrected chi connectivity index (χ4v) is 2.80. The molecule has 0 radical (unpaired) electrons. The van der Waals surface area contributed by atoms with Crippen molar-refractivity contribution >= 4 is 22.7 Å². The fourth-order valence-electron chi connectivity index (χ4n) is 2.80. The van der Waals surface area contributed by atoms with Gasteiger partial charge in [0.2, 0.25) is 0 Å². The van der Waals surface area contributed by atoms with E-state index in [2.05, 4.69) is 30.6 Å². The molecule has 10 heteroatoms. The molecule has 1 aromatic carbocycles. The van der Waals surface area contributed by atoms with Gasteiger partial charge >= 0.3 is 6.18 Å². The first-order valence-corrected chi connectivity index (χ1v) is 7.69. The molecule has 0 amide bonds. The van der Waals surface area contributed by atoms with E-state index in [0.29, 0.717) is 28.0 Å². The number of nitrogens with one attached hydrogen (secondary N) is 3. The number of anilines is 1. The first-order valence-electron chi connectivity index (χ1n) is 7.69. The van der Waals surface area contributed by atoms with Crippen LogP contribution in [-0.2, 0) is 5.79 Å². The molecule has 0 saturated heterocycles. The predicted octanol–water partition coefficient (Wildman–Crippen LogP) is 2.05. The standard InChI is InChI=1S/C16H14F3N7/c17-15(18,19)8-24-14-10-3-4-23-13(10)25-16(20,26-14)9-1-2-11-12(7-9)22-6-5-21-11/h1-7,23,25H,8,20H2,(H,24,26). The van der Waals surface area contributed by atoms with Crippen LogP contribution >= 0.6 is 0 Å². The summed E-state index contributed by atoms with van der Waals surface area (Å²) in [6.45, 7) is -1.31. The summed E-state index contributed by atoms with van der Waals surface area (Å²) in [6, 6.07) is 6.81. The Balaban J connectivity index is 1.76. The number of amidine groups is 1. The van der Waals surface area contributed by atoms with Crippen molar-refractivity contribution in [1.29, 1.82) is 0 Å². The molecule has 3 heterocycles. The summed E-state index contributed by atoms with van der Waals surface area (Å²) in [5.41, 5.74) is 8.78. The Labute approximate surface area is 145 Å². The van der Waals surface area contributed by atoms with Crippen LogP contribution in [0.2, 0.25) is 0 Å². The van der Waals surface area contributed by atoms with Gasteiger partial charge in [-0.05, 0) is 18.2 Å². The normalized spacial score (nSPS) is 21.3. The van der Waals surface area contributed by atoms with Crippen LogP contribution in [0.1, 0.15) is 11.1 Å². The van der Waals surface area contributed by atoms with Gasteiger partial charge in [0.25, 0.3) is 0 Å². The van der Waals surface area contributed by atoms with Crippen molar-refractivity contribution in [3.63, 3.8) is 0 Å². The average Bonchev–Trinajstić information content (AvgIpc) is 3.06. The Morgan fingerprint density at radius 2 is 1.85 bits per heavy atom. The van der Waals surface area contributed by atoms with Gasteiger partial charge in [0.05, 0.1) is 16.6 Å². The van der Waals surface area contributed by atoms with Gasteiger partial charge in [0, 0.05) is 24.2 Å². The minimum atomic E-state index is -4.41. The molecular formula is C16H14F3N7. The monoisotopic (exact) mass is 361 g/mol. The minimum absolute atomic E-state index is 0.0547. The third kappa shape index (κ3) is 2.94. The molecule has 1 aliphatic heterocycles. The van der Waals surface area contributed by atoms with Crippen molar-refractivity contribution in [3.05, 3.63) is 54.0 Å². The highest BCUT2D eigenvalue weighted by atomic mass is 19.4. The molecular weight excluding hydrogens is 347 g/mol. The van der Waals surface area contributed by atoms with Crippen LogP contribution in [0.4, 0.5) is 19.0 Å². The van der Waals surface area contributed by atoms with Crippen molar-refractivity contribution in [2.24, 2.45) is 10.7 Å². The molecule has 0 spiro atoms. The lowest BCUT2D eigenvalue weighted by atomic mass is 10.0. The van der Waals surface area contributed by atoms with E-state index in [1.807, 2.05) is 0 Å². The number of H-pyrrole nitrogens is 1. The maximum Gasteiger partial charge on any atom is 0.408 e. The van der Waals surface area contributed by atoms with E-state index >= 15 is 0 Å². The van der Waals surface area contributed by atoms with E-state index in [1.54, 1.807) is 42.9 Å². The van der Waals surface area contributed by atoms with Crippen LogP contribution in [0.3, 0.4) is 0 Å². The van der Waals surface area contributed by atoms with Gasteiger partial charge in [-0.1, -0.05) is 6.07 Å². The Bertz CT molecular complexity index is 995. The molecule has 1 aliphatic rings. The van der Waals surface area contributed by atoms with Crippen molar-refractivity contribution < 1.29 is 13.2 Å². The average molecular weight is 361 g/mol. The van der Waals surface area contributed by atoms with Gasteiger partial charge in [-0.2, -0.15) is 13.2 Å². The molecule has 0 aliphatic carbocycles. The van der Waals surface area contributed by atoms with Crippen molar-refractivity contribution in [3.8, 4) is 0 Å². The second kappa shape index (κ2) is 5.70. The quantitative estimate of drug-likeness (QED) is 0.559. The Morgan fingerprint density at radius 3 is 2.62 bits per heavy atom. The summed E-state index contributed by atoms with van der Waals surface area (Å²) in [5, 5.41) is 5.94. The second-order valence-corrected chi connectivity index (χ2v) is 5.86. The third-order valence-electron chi connectivity index (χ3n) is 3.98. The number of aromatic nitrogens is 3. The number of rotatable bonds is 2. The van der Waals surface area contributed by atoms with Crippen LogP contribution in [0.15, 0.2) is 47.8 Å². The molecule has 0 saturated carbocycles. The van der Waals surface area contributed by atoms with Crippen LogP contribution in [0, 0.1) is 0 Å². The highest BCUT2D eigenvalue weighted by Crippen LogP contribution is 2.28. The largest absolute Gasteiger partial charge is 0.408 e. The number of fused-ring (bicyclic) bond motifs is 2. The van der Waals surface area contributed by atoms with E-state index in [4.69, 9.17) is 5.73 Å². The molecule has 1 unspecified atom stereocenters. The van der Waals surface area contributed by atoms with Gasteiger partial charge in [-0.15, -0.1) is 0 Å². The van der Waals surface area contributed by atoms with Gasteiger partial charge < -0.3 is 15.6 Å². The van der Waals surface area contributed by atoms with Gasteiger partial charge in [0.1, 0.15) is 18.2 Å². The lowest BCUT2D eigenvalue weighted by molar-refractivity contribution is -0.118. The predicted molar refractivity (Wildman–Crippen MR) is 90.4 cm³/mol. The summed E-state index contributed by atoms with van der Waals surface area (Å²) in [4.78, 5) is 15.0. The van der Waals surface area contributed by atoms with Gasteiger partial charge in [0.15, 0.2) is 5.79 Å². The Hall–Kier alpha value is -3.14. The van der Waals surface area contributed by atoms with E-state index in [1.165, 1.54) is 0 Å².